The second-order valence-corrected chi connectivity index (χ2v) is 7.69. The Hall–Kier alpha value is -3.95. The third kappa shape index (κ3) is 6.31. The van der Waals surface area contributed by atoms with E-state index in [4.69, 9.17) is 18.9 Å². The molecule has 10 heteroatoms. The zero-order valence-corrected chi connectivity index (χ0v) is 20.4. The number of methoxy groups -OCH3 is 4. The SMILES string of the molecule is COc1ccc(NC(C)=O)cc1NC(=O)C(NC(=O)c1cc(OC)c(OC)c(OC)c1)C(C)C. The summed E-state index contributed by atoms with van der Waals surface area (Å²) in [6, 6.07) is 7.00. The fraction of sp³-hybridized carbons (Fsp3) is 0.375. The molecule has 2 aromatic rings. The van der Waals surface area contributed by atoms with Crippen LogP contribution in [0.4, 0.5) is 11.4 Å². The van der Waals surface area contributed by atoms with Gasteiger partial charge in [0.25, 0.3) is 5.91 Å². The predicted octanol–water partition coefficient (Wildman–Crippen LogP) is 3.07. The van der Waals surface area contributed by atoms with Crippen LogP contribution in [0.3, 0.4) is 0 Å². The van der Waals surface area contributed by atoms with E-state index in [9.17, 15) is 14.4 Å². The van der Waals surface area contributed by atoms with Gasteiger partial charge in [0.1, 0.15) is 11.8 Å². The highest BCUT2D eigenvalue weighted by molar-refractivity contribution is 6.03. The lowest BCUT2D eigenvalue weighted by atomic mass is 10.0. The minimum atomic E-state index is -0.874. The maximum Gasteiger partial charge on any atom is 0.252 e. The molecule has 1 atom stereocenters. The number of anilines is 2. The lowest BCUT2D eigenvalue weighted by Gasteiger charge is -2.23. The minimum Gasteiger partial charge on any atom is -0.495 e. The van der Waals surface area contributed by atoms with Gasteiger partial charge in [0.05, 0.1) is 34.1 Å². The summed E-state index contributed by atoms with van der Waals surface area (Å²) in [5.74, 6) is -0.0438. The summed E-state index contributed by atoms with van der Waals surface area (Å²) in [6.45, 7) is 5.01. The largest absolute Gasteiger partial charge is 0.495 e. The maximum atomic E-state index is 13.1. The average Bonchev–Trinajstić information content (AvgIpc) is 2.80. The number of hydrogen-bond acceptors (Lipinski definition) is 7. The van der Waals surface area contributed by atoms with Gasteiger partial charge in [-0.15, -0.1) is 0 Å². The van der Waals surface area contributed by atoms with Crippen molar-refractivity contribution < 1.29 is 33.3 Å². The van der Waals surface area contributed by atoms with Gasteiger partial charge < -0.3 is 34.9 Å². The van der Waals surface area contributed by atoms with Crippen LogP contribution in [-0.2, 0) is 9.59 Å². The molecule has 0 saturated carbocycles. The summed E-state index contributed by atoms with van der Waals surface area (Å²) >= 11 is 0. The average molecular weight is 474 g/mol. The molecule has 0 radical (unpaired) electrons. The third-order valence-electron chi connectivity index (χ3n) is 4.94. The van der Waals surface area contributed by atoms with Crippen molar-refractivity contribution in [1.29, 1.82) is 0 Å². The normalized spacial score (nSPS) is 11.3. The molecule has 1 unspecified atom stereocenters. The van der Waals surface area contributed by atoms with Crippen LogP contribution >= 0.6 is 0 Å². The van der Waals surface area contributed by atoms with E-state index in [1.54, 1.807) is 18.2 Å². The van der Waals surface area contributed by atoms with Crippen LogP contribution in [0.25, 0.3) is 0 Å². The van der Waals surface area contributed by atoms with Crippen molar-refractivity contribution in [3.63, 3.8) is 0 Å². The smallest absolute Gasteiger partial charge is 0.252 e. The molecule has 0 aliphatic heterocycles. The number of ether oxygens (including phenoxy) is 4. The van der Waals surface area contributed by atoms with Gasteiger partial charge in [0.15, 0.2) is 11.5 Å². The van der Waals surface area contributed by atoms with Crippen molar-refractivity contribution in [2.24, 2.45) is 5.92 Å². The lowest BCUT2D eigenvalue weighted by molar-refractivity contribution is -0.119. The fourth-order valence-corrected chi connectivity index (χ4v) is 3.27. The highest BCUT2D eigenvalue weighted by atomic mass is 16.5. The molecule has 2 rings (SSSR count). The van der Waals surface area contributed by atoms with Crippen molar-refractivity contribution in [3.05, 3.63) is 35.9 Å². The van der Waals surface area contributed by atoms with Crippen LogP contribution in [0.2, 0.25) is 0 Å². The third-order valence-corrected chi connectivity index (χ3v) is 4.94. The number of carbonyl (C=O) groups excluding carboxylic acids is 3. The van der Waals surface area contributed by atoms with Gasteiger partial charge in [0, 0.05) is 18.2 Å². The minimum absolute atomic E-state index is 0.234. The second kappa shape index (κ2) is 11.8. The van der Waals surface area contributed by atoms with Crippen LogP contribution in [0.1, 0.15) is 31.1 Å². The van der Waals surface area contributed by atoms with E-state index in [1.807, 2.05) is 13.8 Å². The number of carbonyl (C=O) groups is 3. The zero-order chi connectivity index (χ0) is 25.4. The van der Waals surface area contributed by atoms with Gasteiger partial charge in [-0.1, -0.05) is 13.8 Å². The van der Waals surface area contributed by atoms with E-state index in [0.29, 0.717) is 34.4 Å². The first-order valence-corrected chi connectivity index (χ1v) is 10.5. The Kier molecular flexibility index (Phi) is 9.11. The molecule has 34 heavy (non-hydrogen) atoms. The molecule has 0 aliphatic rings. The molecule has 3 N–H and O–H groups in total. The van der Waals surface area contributed by atoms with Crippen LogP contribution < -0.4 is 34.9 Å². The molecule has 2 aromatic carbocycles. The first kappa shape index (κ1) is 26.3. The highest BCUT2D eigenvalue weighted by Gasteiger charge is 2.27. The van der Waals surface area contributed by atoms with Crippen molar-refractivity contribution in [2.75, 3.05) is 39.1 Å². The Morgan fingerprint density at radius 1 is 0.794 bits per heavy atom. The molecule has 10 nitrogen and oxygen atoms in total. The molecule has 0 saturated heterocycles. The molecule has 3 amide bonds. The summed E-state index contributed by atoms with van der Waals surface area (Å²) in [5.41, 5.74) is 1.08. The summed E-state index contributed by atoms with van der Waals surface area (Å²) in [6.07, 6.45) is 0. The summed E-state index contributed by atoms with van der Waals surface area (Å²) in [4.78, 5) is 37.6. The Bertz CT molecular complexity index is 1030. The molecule has 0 heterocycles. The van der Waals surface area contributed by atoms with Gasteiger partial charge in [-0.2, -0.15) is 0 Å². The standard InChI is InChI=1S/C24H31N3O7/c1-13(2)21(24(30)26-17-12-16(25-14(3)28)8-9-18(17)31-4)27-23(29)15-10-19(32-5)22(34-7)20(11-15)33-6/h8-13,21H,1-7H3,(H,25,28)(H,26,30)(H,27,29). The van der Waals surface area contributed by atoms with Crippen molar-refractivity contribution >= 4 is 29.1 Å². The summed E-state index contributed by atoms with van der Waals surface area (Å²) in [5, 5.41) is 8.20. The first-order valence-electron chi connectivity index (χ1n) is 10.5. The molecular weight excluding hydrogens is 442 g/mol. The predicted molar refractivity (Wildman–Crippen MR) is 128 cm³/mol. The molecule has 0 aliphatic carbocycles. The maximum absolute atomic E-state index is 13.1. The van der Waals surface area contributed by atoms with Crippen LogP contribution in [0, 0.1) is 5.92 Å². The van der Waals surface area contributed by atoms with Gasteiger partial charge in [-0.25, -0.2) is 0 Å². The van der Waals surface area contributed by atoms with Gasteiger partial charge >= 0.3 is 0 Å². The van der Waals surface area contributed by atoms with E-state index < -0.39 is 17.9 Å². The fourth-order valence-electron chi connectivity index (χ4n) is 3.27. The quantitative estimate of drug-likeness (QED) is 0.484. The number of hydrogen-bond donors (Lipinski definition) is 3. The Balaban J connectivity index is 2.30. The van der Waals surface area contributed by atoms with E-state index in [2.05, 4.69) is 16.0 Å². The molecule has 0 fully saturated rings. The number of benzene rings is 2. The second-order valence-electron chi connectivity index (χ2n) is 7.69. The zero-order valence-electron chi connectivity index (χ0n) is 20.4. The number of nitrogens with one attached hydrogen (secondary N) is 3. The summed E-state index contributed by atoms with van der Waals surface area (Å²) in [7, 11) is 5.83. The van der Waals surface area contributed by atoms with Gasteiger partial charge in [-0.3, -0.25) is 14.4 Å². The van der Waals surface area contributed by atoms with Crippen LogP contribution in [-0.4, -0.2) is 52.2 Å². The van der Waals surface area contributed by atoms with E-state index in [0.717, 1.165) is 0 Å². The monoisotopic (exact) mass is 473 g/mol. The Labute approximate surface area is 198 Å². The van der Waals surface area contributed by atoms with Crippen molar-refractivity contribution in [3.8, 4) is 23.0 Å². The molecule has 0 bridgehead atoms. The van der Waals surface area contributed by atoms with Crippen molar-refractivity contribution in [2.45, 2.75) is 26.8 Å². The topological polar surface area (TPSA) is 124 Å². The lowest BCUT2D eigenvalue weighted by Crippen LogP contribution is -2.47. The molecule has 0 spiro atoms. The van der Waals surface area contributed by atoms with Gasteiger partial charge in [-0.05, 0) is 36.2 Å². The molecular formula is C24H31N3O7. The van der Waals surface area contributed by atoms with E-state index in [1.165, 1.54) is 47.5 Å². The van der Waals surface area contributed by atoms with E-state index in [-0.39, 0.29) is 17.4 Å². The van der Waals surface area contributed by atoms with Crippen LogP contribution in [0.5, 0.6) is 23.0 Å². The van der Waals surface area contributed by atoms with Gasteiger partial charge in [0.2, 0.25) is 17.6 Å². The van der Waals surface area contributed by atoms with E-state index >= 15 is 0 Å². The number of amides is 3. The molecule has 184 valence electrons. The Morgan fingerprint density at radius 2 is 1.38 bits per heavy atom. The highest BCUT2D eigenvalue weighted by Crippen LogP contribution is 2.38. The number of rotatable bonds is 10. The van der Waals surface area contributed by atoms with Crippen molar-refractivity contribution in [1.82, 2.24) is 5.32 Å². The van der Waals surface area contributed by atoms with Crippen LogP contribution in [0.15, 0.2) is 30.3 Å². The summed E-state index contributed by atoms with van der Waals surface area (Å²) < 4.78 is 21.2. The first-order chi connectivity index (χ1) is 16.1. The molecule has 0 aromatic heterocycles. The Morgan fingerprint density at radius 3 is 1.85 bits per heavy atom.